The number of hydrogen-bond donors (Lipinski definition) is 2. The van der Waals surface area contributed by atoms with Crippen LogP contribution in [0, 0.1) is 13.8 Å². The van der Waals surface area contributed by atoms with Crippen molar-refractivity contribution in [1.29, 1.82) is 0 Å². The van der Waals surface area contributed by atoms with E-state index in [-0.39, 0.29) is 11.3 Å². The van der Waals surface area contributed by atoms with E-state index in [0.29, 0.717) is 13.0 Å². The van der Waals surface area contributed by atoms with Crippen LogP contribution in [0.15, 0.2) is 36.4 Å². The number of aryl methyl sites for hydroxylation is 1. The van der Waals surface area contributed by atoms with Crippen LogP contribution in [-0.4, -0.2) is 25.9 Å². The molecule has 1 amide bonds. The second kappa shape index (κ2) is 7.39. The maximum atomic E-state index is 12.5. The summed E-state index contributed by atoms with van der Waals surface area (Å²) in [7, 11) is 0. The Morgan fingerprint density at radius 1 is 1.19 bits per heavy atom. The van der Waals surface area contributed by atoms with Gasteiger partial charge in [-0.2, -0.15) is 10.2 Å². The molecule has 1 aromatic carbocycles. The van der Waals surface area contributed by atoms with Gasteiger partial charge in [-0.25, -0.2) is 4.68 Å². The topological polar surface area (TPSA) is 75.6 Å². The zero-order valence-corrected chi connectivity index (χ0v) is 16.6. The lowest BCUT2D eigenvalue weighted by atomic mass is 9.92. The number of benzene rings is 1. The summed E-state index contributed by atoms with van der Waals surface area (Å²) in [6, 6.07) is 12.0. The number of H-pyrrole nitrogens is 1. The monoisotopic (exact) mass is 365 g/mol. The molecule has 0 spiro atoms. The summed E-state index contributed by atoms with van der Waals surface area (Å²) < 4.78 is 1.89. The second-order valence-electron chi connectivity index (χ2n) is 7.88. The molecule has 2 heterocycles. The summed E-state index contributed by atoms with van der Waals surface area (Å²) in [5.41, 5.74) is 5.71. The molecular formula is C21H27N5O. The number of aromatic nitrogens is 4. The highest BCUT2D eigenvalue weighted by Gasteiger charge is 2.18. The molecule has 3 rings (SSSR count). The van der Waals surface area contributed by atoms with Gasteiger partial charge in [0.25, 0.3) is 0 Å². The molecular weight excluding hydrogens is 338 g/mol. The van der Waals surface area contributed by atoms with Crippen molar-refractivity contribution in [3.05, 3.63) is 64.7 Å². The van der Waals surface area contributed by atoms with Crippen molar-refractivity contribution in [3.63, 3.8) is 0 Å². The fourth-order valence-electron chi connectivity index (χ4n) is 3.00. The first-order chi connectivity index (χ1) is 12.8. The summed E-state index contributed by atoms with van der Waals surface area (Å²) in [5.74, 6) is -0.0271. The van der Waals surface area contributed by atoms with E-state index in [1.165, 1.54) is 0 Å². The van der Waals surface area contributed by atoms with Crippen LogP contribution < -0.4 is 5.32 Å². The lowest BCUT2D eigenvalue weighted by Gasteiger charge is -2.13. The van der Waals surface area contributed by atoms with Crippen LogP contribution in [0.3, 0.4) is 0 Å². The van der Waals surface area contributed by atoms with Gasteiger partial charge in [0.2, 0.25) is 5.91 Å². The molecule has 142 valence electrons. The first-order valence-corrected chi connectivity index (χ1v) is 9.17. The summed E-state index contributed by atoms with van der Waals surface area (Å²) in [6.45, 7) is 10.7. The van der Waals surface area contributed by atoms with Crippen LogP contribution >= 0.6 is 0 Å². The number of amides is 1. The van der Waals surface area contributed by atoms with Gasteiger partial charge in [-0.15, -0.1) is 0 Å². The predicted octanol–water partition coefficient (Wildman–Crippen LogP) is 3.37. The smallest absolute Gasteiger partial charge is 0.224 e. The third kappa shape index (κ3) is 4.27. The lowest BCUT2D eigenvalue weighted by Crippen LogP contribution is -2.25. The van der Waals surface area contributed by atoms with Crippen molar-refractivity contribution in [2.24, 2.45) is 0 Å². The average molecular weight is 365 g/mol. The van der Waals surface area contributed by atoms with Crippen molar-refractivity contribution in [1.82, 2.24) is 25.3 Å². The van der Waals surface area contributed by atoms with E-state index in [2.05, 4.69) is 41.4 Å². The minimum atomic E-state index is -0.0271. The molecule has 0 aliphatic heterocycles. The van der Waals surface area contributed by atoms with Gasteiger partial charge < -0.3 is 5.32 Å². The molecule has 0 aliphatic carbocycles. The van der Waals surface area contributed by atoms with Crippen molar-refractivity contribution < 1.29 is 4.79 Å². The van der Waals surface area contributed by atoms with E-state index in [1.54, 1.807) is 0 Å². The Morgan fingerprint density at radius 3 is 2.52 bits per heavy atom. The summed E-state index contributed by atoms with van der Waals surface area (Å²) >= 11 is 0. The molecule has 6 nitrogen and oxygen atoms in total. The van der Waals surface area contributed by atoms with Gasteiger partial charge in [0.1, 0.15) is 0 Å². The zero-order chi connectivity index (χ0) is 19.6. The molecule has 0 aliphatic rings. The molecule has 0 fully saturated rings. The molecule has 27 heavy (non-hydrogen) atoms. The van der Waals surface area contributed by atoms with Crippen LogP contribution in [0.5, 0.6) is 0 Å². The van der Waals surface area contributed by atoms with E-state index in [1.807, 2.05) is 54.9 Å². The summed E-state index contributed by atoms with van der Waals surface area (Å²) in [4.78, 5) is 12.5. The minimum absolute atomic E-state index is 0.0149. The number of nitrogens with zero attached hydrogens (tertiary/aromatic N) is 3. The first kappa shape index (κ1) is 18.9. The normalized spacial score (nSPS) is 11.6. The van der Waals surface area contributed by atoms with Gasteiger partial charge in [-0.05, 0) is 32.0 Å². The molecule has 0 atom stereocenters. The van der Waals surface area contributed by atoms with E-state index in [0.717, 1.165) is 34.0 Å². The minimum Gasteiger partial charge on any atom is -0.350 e. The number of carbonyl (C=O) groups is 1. The number of nitrogens with one attached hydrogen (secondary N) is 2. The van der Waals surface area contributed by atoms with Crippen molar-refractivity contribution in [2.45, 2.75) is 53.0 Å². The van der Waals surface area contributed by atoms with Crippen molar-refractivity contribution in [2.75, 3.05) is 0 Å². The highest BCUT2D eigenvalue weighted by Crippen LogP contribution is 2.20. The Morgan fingerprint density at radius 2 is 1.89 bits per heavy atom. The van der Waals surface area contributed by atoms with Gasteiger partial charge in [0, 0.05) is 16.7 Å². The van der Waals surface area contributed by atoms with E-state index >= 15 is 0 Å². The Balaban J connectivity index is 1.66. The molecule has 0 saturated heterocycles. The Labute approximate surface area is 160 Å². The lowest BCUT2D eigenvalue weighted by molar-refractivity contribution is -0.120. The average Bonchev–Trinajstić information content (AvgIpc) is 3.21. The van der Waals surface area contributed by atoms with Crippen LogP contribution in [0.2, 0.25) is 0 Å². The molecule has 2 aromatic heterocycles. The van der Waals surface area contributed by atoms with E-state index in [4.69, 9.17) is 0 Å². The Bertz CT molecular complexity index is 931. The second-order valence-corrected chi connectivity index (χ2v) is 7.88. The molecule has 0 saturated carbocycles. The maximum Gasteiger partial charge on any atom is 0.224 e. The molecule has 0 radical (unpaired) electrons. The zero-order valence-electron chi connectivity index (χ0n) is 16.6. The third-order valence-corrected chi connectivity index (χ3v) is 4.65. The van der Waals surface area contributed by atoms with Crippen LogP contribution in [0.25, 0.3) is 5.69 Å². The van der Waals surface area contributed by atoms with Crippen LogP contribution in [-0.2, 0) is 23.2 Å². The van der Waals surface area contributed by atoms with Gasteiger partial charge >= 0.3 is 0 Å². The fraction of sp³-hybridized carbons (Fsp3) is 0.381. The number of para-hydroxylation sites is 1. The number of carbonyl (C=O) groups excluding carboxylic acids is 1. The number of hydrogen-bond acceptors (Lipinski definition) is 3. The molecule has 3 aromatic rings. The summed E-state index contributed by atoms with van der Waals surface area (Å²) in [6.07, 6.45) is 0.310. The van der Waals surface area contributed by atoms with Gasteiger partial charge in [0.15, 0.2) is 0 Å². The standard InChI is InChI=1S/C21H27N5O/c1-14-18(15(2)26(25-14)17-9-7-6-8-10-17)12-20(27)22-13-16-11-19(24-23-16)21(3,4)5/h6-11H,12-13H2,1-5H3,(H,22,27)(H,23,24). The van der Waals surface area contributed by atoms with Crippen molar-refractivity contribution in [3.8, 4) is 5.69 Å². The predicted molar refractivity (Wildman–Crippen MR) is 106 cm³/mol. The van der Waals surface area contributed by atoms with Gasteiger partial charge in [-0.3, -0.25) is 9.89 Å². The molecule has 6 heteroatoms. The molecule has 0 unspecified atom stereocenters. The van der Waals surface area contributed by atoms with E-state index < -0.39 is 0 Å². The van der Waals surface area contributed by atoms with Gasteiger partial charge in [-0.1, -0.05) is 39.0 Å². The van der Waals surface area contributed by atoms with Crippen LogP contribution in [0.4, 0.5) is 0 Å². The van der Waals surface area contributed by atoms with E-state index in [9.17, 15) is 4.79 Å². The van der Waals surface area contributed by atoms with Crippen molar-refractivity contribution >= 4 is 5.91 Å². The molecule has 0 bridgehead atoms. The van der Waals surface area contributed by atoms with Crippen LogP contribution in [0.1, 0.15) is 49.1 Å². The van der Waals surface area contributed by atoms with Gasteiger partial charge in [0.05, 0.1) is 35.7 Å². The number of aromatic amines is 1. The number of rotatable bonds is 5. The quantitative estimate of drug-likeness (QED) is 0.728. The third-order valence-electron chi connectivity index (χ3n) is 4.65. The molecule has 2 N–H and O–H groups in total. The summed E-state index contributed by atoms with van der Waals surface area (Å²) in [5, 5.41) is 14.9. The maximum absolute atomic E-state index is 12.5. The fourth-order valence-corrected chi connectivity index (χ4v) is 3.00. The first-order valence-electron chi connectivity index (χ1n) is 9.17. The highest BCUT2D eigenvalue weighted by atomic mass is 16.1. The Hall–Kier alpha value is -2.89. The Kier molecular flexibility index (Phi) is 5.17. The largest absolute Gasteiger partial charge is 0.350 e. The highest BCUT2D eigenvalue weighted by molar-refractivity contribution is 5.79. The SMILES string of the molecule is Cc1nn(-c2ccccc2)c(C)c1CC(=O)NCc1cc(C(C)(C)C)n[nH]1.